The van der Waals surface area contributed by atoms with Crippen LogP contribution < -0.4 is 15.5 Å². The summed E-state index contributed by atoms with van der Waals surface area (Å²) in [6.07, 6.45) is 6.91. The van der Waals surface area contributed by atoms with Crippen molar-refractivity contribution in [1.82, 2.24) is 20.3 Å². The Kier molecular flexibility index (Phi) is 7.21. The number of hydrogen-bond donors (Lipinski definition) is 2. The van der Waals surface area contributed by atoms with Gasteiger partial charge in [-0.05, 0) is 55.7 Å². The summed E-state index contributed by atoms with van der Waals surface area (Å²) in [5.41, 5.74) is 2.63. The Morgan fingerprint density at radius 1 is 1.06 bits per heavy atom. The highest BCUT2D eigenvalue weighted by molar-refractivity contribution is 7.98. The molecule has 34 heavy (non-hydrogen) atoms. The van der Waals surface area contributed by atoms with E-state index in [2.05, 4.69) is 26.6 Å². The number of urea groups is 1. The molecule has 1 aliphatic carbocycles. The van der Waals surface area contributed by atoms with E-state index in [1.165, 1.54) is 6.42 Å². The molecule has 0 radical (unpaired) electrons. The zero-order valence-corrected chi connectivity index (χ0v) is 19.8. The van der Waals surface area contributed by atoms with Crippen LogP contribution in [0.4, 0.5) is 16.3 Å². The Hall–Kier alpha value is -3.17. The van der Waals surface area contributed by atoms with Crippen molar-refractivity contribution in [3.8, 4) is 11.4 Å². The predicted molar refractivity (Wildman–Crippen MR) is 134 cm³/mol. The molecule has 2 fully saturated rings. The zero-order valence-electron chi connectivity index (χ0n) is 18.9. The van der Waals surface area contributed by atoms with Gasteiger partial charge in [-0.15, -0.1) is 11.8 Å². The van der Waals surface area contributed by atoms with Gasteiger partial charge in [0.05, 0.1) is 18.9 Å². The maximum atomic E-state index is 12.2. The molecule has 3 aromatic rings. The molecule has 1 saturated carbocycles. The van der Waals surface area contributed by atoms with Crippen molar-refractivity contribution in [2.24, 2.45) is 0 Å². The number of thioether (sulfide) groups is 1. The van der Waals surface area contributed by atoms with E-state index in [1.807, 2.05) is 36.4 Å². The second-order valence-electron chi connectivity index (χ2n) is 8.42. The van der Waals surface area contributed by atoms with Crippen molar-refractivity contribution in [3.05, 3.63) is 60.6 Å². The van der Waals surface area contributed by atoms with E-state index in [4.69, 9.17) is 14.7 Å². The zero-order chi connectivity index (χ0) is 23.2. The standard InChI is InChI=1S/C25H28N6O2S/c32-25(28-19-2-1-3-19)29-20-6-4-18(5-7-20)24-27-21(17-34-22-8-10-26-11-9-22)16-23(30-24)31-12-14-33-15-13-31/h4-11,16,19H,1-3,12-15,17H2,(H2,28,29,32). The third kappa shape index (κ3) is 5.84. The number of carbonyl (C=O) groups excluding carboxylic acids is 1. The smallest absolute Gasteiger partial charge is 0.319 e. The number of ether oxygens (including phenoxy) is 1. The van der Waals surface area contributed by atoms with E-state index >= 15 is 0 Å². The van der Waals surface area contributed by atoms with Gasteiger partial charge in [0.25, 0.3) is 0 Å². The number of carbonyl (C=O) groups is 1. The minimum atomic E-state index is -0.154. The number of amides is 2. The molecule has 2 aromatic heterocycles. The van der Waals surface area contributed by atoms with E-state index in [0.29, 0.717) is 25.1 Å². The van der Waals surface area contributed by atoms with Gasteiger partial charge in [0.2, 0.25) is 0 Å². The van der Waals surface area contributed by atoms with Crippen molar-refractivity contribution in [3.63, 3.8) is 0 Å². The first kappa shape index (κ1) is 22.6. The summed E-state index contributed by atoms with van der Waals surface area (Å²) in [5, 5.41) is 5.90. The molecule has 0 bridgehead atoms. The van der Waals surface area contributed by atoms with Crippen LogP contribution in [0.15, 0.2) is 59.8 Å². The van der Waals surface area contributed by atoms with Crippen LogP contribution in [0.2, 0.25) is 0 Å². The minimum Gasteiger partial charge on any atom is -0.378 e. The third-order valence-electron chi connectivity index (χ3n) is 5.98. The third-order valence-corrected chi connectivity index (χ3v) is 7.02. The number of pyridine rings is 1. The molecule has 2 N–H and O–H groups in total. The lowest BCUT2D eigenvalue weighted by Crippen LogP contribution is -2.41. The van der Waals surface area contributed by atoms with E-state index < -0.39 is 0 Å². The number of hydrogen-bond acceptors (Lipinski definition) is 7. The van der Waals surface area contributed by atoms with Crippen molar-refractivity contribution in [1.29, 1.82) is 0 Å². The van der Waals surface area contributed by atoms with Crippen molar-refractivity contribution in [2.45, 2.75) is 36.0 Å². The second kappa shape index (κ2) is 10.8. The lowest BCUT2D eigenvalue weighted by molar-refractivity contribution is 0.122. The van der Waals surface area contributed by atoms with Crippen LogP contribution in [0.1, 0.15) is 25.0 Å². The fourth-order valence-corrected chi connectivity index (χ4v) is 4.62. The van der Waals surface area contributed by atoms with Crippen LogP contribution >= 0.6 is 11.8 Å². The number of benzene rings is 1. The molecule has 9 heteroatoms. The Morgan fingerprint density at radius 3 is 2.53 bits per heavy atom. The fourth-order valence-electron chi connectivity index (χ4n) is 3.84. The van der Waals surface area contributed by atoms with Crippen LogP contribution in [-0.2, 0) is 10.5 Å². The Balaban J connectivity index is 1.33. The van der Waals surface area contributed by atoms with Crippen LogP contribution in [0.3, 0.4) is 0 Å². The molecule has 0 spiro atoms. The SMILES string of the molecule is O=C(Nc1ccc(-c2nc(CSc3ccncc3)cc(N3CCOCC3)n2)cc1)NC1CCC1. The number of anilines is 2. The normalized spacial score (nSPS) is 16.1. The van der Waals surface area contributed by atoms with Gasteiger partial charge in [-0.3, -0.25) is 4.98 Å². The monoisotopic (exact) mass is 476 g/mol. The summed E-state index contributed by atoms with van der Waals surface area (Å²) in [6, 6.07) is 13.9. The van der Waals surface area contributed by atoms with E-state index in [-0.39, 0.29) is 6.03 Å². The lowest BCUT2D eigenvalue weighted by atomic mass is 9.93. The Labute approximate surface area is 203 Å². The lowest BCUT2D eigenvalue weighted by Gasteiger charge is -2.28. The van der Waals surface area contributed by atoms with Gasteiger partial charge in [0.1, 0.15) is 5.82 Å². The predicted octanol–water partition coefficient (Wildman–Crippen LogP) is 4.34. The highest BCUT2D eigenvalue weighted by Crippen LogP contribution is 2.27. The number of rotatable bonds is 7. The van der Waals surface area contributed by atoms with Crippen LogP contribution in [0.25, 0.3) is 11.4 Å². The summed E-state index contributed by atoms with van der Waals surface area (Å²) in [5.74, 6) is 2.33. The largest absolute Gasteiger partial charge is 0.378 e. The van der Waals surface area contributed by atoms with Crippen molar-refractivity contribution < 1.29 is 9.53 Å². The molecule has 1 aromatic carbocycles. The van der Waals surface area contributed by atoms with E-state index in [1.54, 1.807) is 24.2 Å². The van der Waals surface area contributed by atoms with E-state index in [0.717, 1.165) is 59.3 Å². The highest BCUT2D eigenvalue weighted by atomic mass is 32.2. The first-order chi connectivity index (χ1) is 16.7. The molecule has 8 nitrogen and oxygen atoms in total. The molecule has 2 aliphatic rings. The van der Waals surface area contributed by atoms with Crippen LogP contribution in [-0.4, -0.2) is 53.3 Å². The first-order valence-electron chi connectivity index (χ1n) is 11.6. The maximum Gasteiger partial charge on any atom is 0.319 e. The number of aromatic nitrogens is 3. The number of morpholine rings is 1. The summed E-state index contributed by atoms with van der Waals surface area (Å²) in [6.45, 7) is 3.02. The van der Waals surface area contributed by atoms with Gasteiger partial charge in [-0.2, -0.15) is 0 Å². The minimum absolute atomic E-state index is 0.154. The van der Waals surface area contributed by atoms with Crippen molar-refractivity contribution in [2.75, 3.05) is 36.5 Å². The molecule has 3 heterocycles. The molecule has 0 atom stereocenters. The number of nitrogens with one attached hydrogen (secondary N) is 2. The summed E-state index contributed by atoms with van der Waals surface area (Å²) >= 11 is 1.73. The summed E-state index contributed by atoms with van der Waals surface area (Å²) < 4.78 is 5.52. The summed E-state index contributed by atoms with van der Waals surface area (Å²) in [4.78, 5) is 29.4. The molecular formula is C25H28N6O2S. The van der Waals surface area contributed by atoms with Gasteiger partial charge in [0.15, 0.2) is 5.82 Å². The molecule has 176 valence electrons. The second-order valence-corrected chi connectivity index (χ2v) is 9.46. The average Bonchev–Trinajstić information content (AvgIpc) is 2.86. The van der Waals surface area contributed by atoms with Crippen molar-refractivity contribution >= 4 is 29.3 Å². The molecule has 0 unspecified atom stereocenters. The number of nitrogens with zero attached hydrogens (tertiary/aromatic N) is 4. The topological polar surface area (TPSA) is 92.3 Å². The van der Waals surface area contributed by atoms with Gasteiger partial charge in [0, 0.05) is 59.5 Å². The molecule has 1 aliphatic heterocycles. The van der Waals surface area contributed by atoms with Gasteiger partial charge in [-0.25, -0.2) is 14.8 Å². The summed E-state index contributed by atoms with van der Waals surface area (Å²) in [7, 11) is 0. The van der Waals surface area contributed by atoms with Gasteiger partial charge in [-0.1, -0.05) is 0 Å². The van der Waals surface area contributed by atoms with Crippen LogP contribution in [0.5, 0.6) is 0 Å². The highest BCUT2D eigenvalue weighted by Gasteiger charge is 2.19. The van der Waals surface area contributed by atoms with Crippen LogP contribution in [0, 0.1) is 0 Å². The average molecular weight is 477 g/mol. The first-order valence-corrected chi connectivity index (χ1v) is 12.6. The molecular weight excluding hydrogens is 448 g/mol. The maximum absolute atomic E-state index is 12.2. The fraction of sp³-hybridized carbons (Fsp3) is 0.360. The molecule has 1 saturated heterocycles. The van der Waals surface area contributed by atoms with Gasteiger partial charge >= 0.3 is 6.03 Å². The Morgan fingerprint density at radius 2 is 1.82 bits per heavy atom. The quantitative estimate of drug-likeness (QED) is 0.490. The molecule has 2 amide bonds. The van der Waals surface area contributed by atoms with E-state index in [9.17, 15) is 4.79 Å². The Bertz CT molecular complexity index is 1100. The molecule has 5 rings (SSSR count). The van der Waals surface area contributed by atoms with Gasteiger partial charge < -0.3 is 20.3 Å².